The van der Waals surface area contributed by atoms with Crippen molar-refractivity contribution in [2.45, 2.75) is 17.9 Å². The average molecular weight is 271 g/mol. The molecule has 0 fully saturated rings. The van der Waals surface area contributed by atoms with Gasteiger partial charge in [-0.2, -0.15) is 0 Å². The molecule has 0 saturated heterocycles. The maximum atomic E-state index is 9.72. The Morgan fingerprint density at radius 3 is 2.83 bits per heavy atom. The van der Waals surface area contributed by atoms with Crippen molar-refractivity contribution >= 4 is 17.4 Å². The summed E-state index contributed by atoms with van der Waals surface area (Å²) in [5.41, 5.74) is 7.60. The molecule has 1 unspecified atom stereocenters. The fourth-order valence-electron chi connectivity index (χ4n) is 1.34. The van der Waals surface area contributed by atoms with Crippen LogP contribution in [0.4, 0.5) is 5.69 Å². The molecule has 3 N–H and O–H groups in total. The van der Waals surface area contributed by atoms with Gasteiger partial charge in [-0.05, 0) is 30.7 Å². The van der Waals surface area contributed by atoms with Crippen molar-refractivity contribution in [3.63, 3.8) is 0 Å². The summed E-state index contributed by atoms with van der Waals surface area (Å²) in [7, 11) is 1.62. The number of ether oxygens (including phenoxy) is 2. The van der Waals surface area contributed by atoms with Gasteiger partial charge in [0.25, 0.3) is 0 Å². The highest BCUT2D eigenvalue weighted by Crippen LogP contribution is 2.23. The molecule has 102 valence electrons. The molecule has 0 radical (unpaired) electrons. The first-order chi connectivity index (χ1) is 8.63. The molecule has 4 nitrogen and oxygen atoms in total. The number of aryl methyl sites for hydroxylation is 1. The lowest BCUT2D eigenvalue weighted by molar-refractivity contribution is 0.0218. The molecule has 1 aromatic rings. The number of aliphatic hydroxyl groups is 1. The zero-order chi connectivity index (χ0) is 13.4. The molecule has 0 spiro atoms. The molecule has 0 saturated carbocycles. The van der Waals surface area contributed by atoms with Gasteiger partial charge in [-0.25, -0.2) is 0 Å². The van der Waals surface area contributed by atoms with Crippen LogP contribution in [0, 0.1) is 6.92 Å². The molecule has 0 aliphatic carbocycles. The number of rotatable bonds is 8. The maximum absolute atomic E-state index is 9.72. The van der Waals surface area contributed by atoms with Gasteiger partial charge in [0.05, 0.1) is 25.9 Å². The van der Waals surface area contributed by atoms with E-state index < -0.39 is 6.10 Å². The van der Waals surface area contributed by atoms with Crippen molar-refractivity contribution in [1.82, 2.24) is 0 Å². The molecule has 1 aromatic carbocycles. The Balaban J connectivity index is 2.24. The second-order valence-corrected chi connectivity index (χ2v) is 5.14. The van der Waals surface area contributed by atoms with Crippen LogP contribution >= 0.6 is 11.8 Å². The number of nitrogens with two attached hydrogens (primary N) is 1. The van der Waals surface area contributed by atoms with Gasteiger partial charge < -0.3 is 20.3 Å². The Morgan fingerprint density at radius 1 is 1.39 bits per heavy atom. The van der Waals surface area contributed by atoms with Crippen LogP contribution in [-0.4, -0.2) is 43.9 Å². The van der Waals surface area contributed by atoms with Crippen LogP contribution in [0.5, 0.6) is 0 Å². The molecule has 0 amide bonds. The molecule has 0 bridgehead atoms. The van der Waals surface area contributed by atoms with Crippen LogP contribution in [0.1, 0.15) is 5.56 Å². The van der Waals surface area contributed by atoms with E-state index in [-0.39, 0.29) is 0 Å². The van der Waals surface area contributed by atoms with E-state index in [9.17, 15) is 5.11 Å². The first kappa shape index (κ1) is 15.3. The van der Waals surface area contributed by atoms with Crippen LogP contribution in [0.25, 0.3) is 0 Å². The van der Waals surface area contributed by atoms with E-state index in [1.807, 2.05) is 25.1 Å². The monoisotopic (exact) mass is 271 g/mol. The van der Waals surface area contributed by atoms with E-state index in [1.165, 1.54) is 0 Å². The second-order valence-electron chi connectivity index (χ2n) is 4.05. The van der Waals surface area contributed by atoms with E-state index in [4.69, 9.17) is 15.2 Å². The molecular weight excluding hydrogens is 250 g/mol. The van der Waals surface area contributed by atoms with Crippen molar-refractivity contribution in [2.24, 2.45) is 0 Å². The molecule has 0 aliphatic heterocycles. The van der Waals surface area contributed by atoms with E-state index in [0.29, 0.717) is 25.6 Å². The zero-order valence-electron chi connectivity index (χ0n) is 10.9. The van der Waals surface area contributed by atoms with Gasteiger partial charge in [0, 0.05) is 23.4 Å². The van der Waals surface area contributed by atoms with Gasteiger partial charge in [0.15, 0.2) is 0 Å². The molecule has 0 heterocycles. The predicted octanol–water partition coefficient (Wildman–Crippen LogP) is 1.69. The van der Waals surface area contributed by atoms with E-state index in [2.05, 4.69) is 0 Å². The summed E-state index contributed by atoms with van der Waals surface area (Å²) in [6.07, 6.45) is -0.468. The summed E-state index contributed by atoms with van der Waals surface area (Å²) in [6, 6.07) is 5.88. The third-order valence-corrected chi connectivity index (χ3v) is 3.56. The van der Waals surface area contributed by atoms with Crippen molar-refractivity contribution in [2.75, 3.05) is 38.4 Å². The number of methoxy groups -OCH3 is 1. The lowest BCUT2D eigenvalue weighted by Gasteiger charge is -2.11. The summed E-state index contributed by atoms with van der Waals surface area (Å²) < 4.78 is 10.1. The van der Waals surface area contributed by atoms with Gasteiger partial charge in [-0.3, -0.25) is 0 Å². The third-order valence-electron chi connectivity index (χ3n) is 2.43. The van der Waals surface area contributed by atoms with Crippen LogP contribution in [0.3, 0.4) is 0 Å². The smallest absolute Gasteiger partial charge is 0.0867 e. The highest BCUT2D eigenvalue weighted by molar-refractivity contribution is 7.99. The molecule has 0 aromatic heterocycles. The number of hydrogen-bond acceptors (Lipinski definition) is 5. The SMILES string of the molecule is COCCOCC(O)CSc1ccc(N)c(C)c1. The fraction of sp³-hybridized carbons (Fsp3) is 0.538. The Hall–Kier alpha value is -0.750. The molecule has 5 heteroatoms. The Kier molecular flexibility index (Phi) is 7.12. The molecule has 18 heavy (non-hydrogen) atoms. The Labute approximate surface area is 112 Å². The normalized spacial score (nSPS) is 12.6. The van der Waals surface area contributed by atoms with E-state index >= 15 is 0 Å². The average Bonchev–Trinajstić information content (AvgIpc) is 2.36. The molecule has 1 rings (SSSR count). The molecule has 1 atom stereocenters. The number of hydrogen-bond donors (Lipinski definition) is 2. The van der Waals surface area contributed by atoms with Crippen LogP contribution < -0.4 is 5.73 Å². The van der Waals surface area contributed by atoms with Crippen molar-refractivity contribution in [3.05, 3.63) is 23.8 Å². The minimum Gasteiger partial charge on any atom is -0.399 e. The fourth-order valence-corrected chi connectivity index (χ4v) is 2.25. The minimum atomic E-state index is -0.468. The standard InChI is InChI=1S/C13H21NO3S/c1-10-7-12(3-4-13(10)14)18-9-11(15)8-17-6-5-16-2/h3-4,7,11,15H,5-6,8-9,14H2,1-2H3. The first-order valence-electron chi connectivity index (χ1n) is 5.87. The highest BCUT2D eigenvalue weighted by atomic mass is 32.2. The lowest BCUT2D eigenvalue weighted by Crippen LogP contribution is -2.19. The third kappa shape index (κ3) is 5.73. The van der Waals surface area contributed by atoms with Gasteiger partial charge in [-0.1, -0.05) is 0 Å². The molecular formula is C13H21NO3S. The first-order valence-corrected chi connectivity index (χ1v) is 6.85. The van der Waals surface area contributed by atoms with Crippen LogP contribution in [0.2, 0.25) is 0 Å². The van der Waals surface area contributed by atoms with Crippen molar-refractivity contribution < 1.29 is 14.6 Å². The summed E-state index contributed by atoms with van der Waals surface area (Å²) in [6.45, 7) is 3.38. The van der Waals surface area contributed by atoms with E-state index in [0.717, 1.165) is 16.1 Å². The number of aliphatic hydroxyl groups excluding tert-OH is 1. The number of nitrogen functional groups attached to an aromatic ring is 1. The minimum absolute atomic E-state index is 0.338. The second kappa shape index (κ2) is 8.37. The predicted molar refractivity (Wildman–Crippen MR) is 75.0 cm³/mol. The summed E-state index contributed by atoms with van der Waals surface area (Å²) >= 11 is 1.60. The quantitative estimate of drug-likeness (QED) is 0.428. The van der Waals surface area contributed by atoms with Crippen LogP contribution in [0.15, 0.2) is 23.1 Å². The van der Waals surface area contributed by atoms with Gasteiger partial charge in [-0.15, -0.1) is 11.8 Å². The van der Waals surface area contributed by atoms with Gasteiger partial charge in [0.2, 0.25) is 0 Å². The topological polar surface area (TPSA) is 64.7 Å². The summed E-state index contributed by atoms with van der Waals surface area (Å²) in [5.74, 6) is 0.607. The van der Waals surface area contributed by atoms with Gasteiger partial charge in [0.1, 0.15) is 0 Å². The zero-order valence-corrected chi connectivity index (χ0v) is 11.7. The lowest BCUT2D eigenvalue weighted by atomic mass is 10.2. The Bertz CT molecular complexity index is 360. The van der Waals surface area contributed by atoms with Crippen molar-refractivity contribution in [3.8, 4) is 0 Å². The summed E-state index contributed by atoms with van der Waals surface area (Å²) in [4.78, 5) is 1.11. The summed E-state index contributed by atoms with van der Waals surface area (Å²) in [5, 5.41) is 9.72. The van der Waals surface area contributed by atoms with Gasteiger partial charge >= 0.3 is 0 Å². The largest absolute Gasteiger partial charge is 0.399 e. The number of anilines is 1. The highest BCUT2D eigenvalue weighted by Gasteiger charge is 2.06. The van der Waals surface area contributed by atoms with E-state index in [1.54, 1.807) is 18.9 Å². The van der Waals surface area contributed by atoms with Crippen molar-refractivity contribution in [1.29, 1.82) is 0 Å². The number of thioether (sulfide) groups is 1. The van der Waals surface area contributed by atoms with Crippen LogP contribution in [-0.2, 0) is 9.47 Å². The Morgan fingerprint density at radius 2 is 2.17 bits per heavy atom. The number of benzene rings is 1. The molecule has 0 aliphatic rings. The maximum Gasteiger partial charge on any atom is 0.0867 e.